The minimum Gasteiger partial charge on any atom is -1.00 e. The molecule has 0 heterocycles. The molecular weight excluding hydrogens is 406 g/mol. The van der Waals surface area contributed by atoms with Crippen molar-refractivity contribution in [2.24, 2.45) is 0 Å². The van der Waals surface area contributed by atoms with Crippen LogP contribution in [0.5, 0.6) is 0 Å². The second-order valence-electron chi connectivity index (χ2n) is 1.10. The molecule has 0 atom stereocenters. The van der Waals surface area contributed by atoms with Gasteiger partial charge in [-0.3, -0.25) is 0 Å². The smallest absolute Gasteiger partial charge is 1.00 e. The molecule has 0 aliphatic heterocycles. The molecule has 0 radical (unpaired) electrons. The van der Waals surface area contributed by atoms with E-state index >= 15 is 0 Å². The summed E-state index contributed by atoms with van der Waals surface area (Å²) in [6.07, 6.45) is 2.80. The molecule has 0 fully saturated rings. The van der Waals surface area contributed by atoms with Crippen LogP contribution >= 0.6 is 0 Å². The second kappa shape index (κ2) is 22.8. The van der Waals surface area contributed by atoms with Gasteiger partial charge in [-0.2, -0.15) is 0 Å². The van der Waals surface area contributed by atoms with E-state index in [2.05, 4.69) is 6.92 Å². The normalized spacial score (nSPS) is 5.38. The molecule has 0 aromatic carbocycles. The molecule has 0 aromatic rings. The van der Waals surface area contributed by atoms with E-state index in [1.54, 1.807) is 22.5 Å². The summed E-state index contributed by atoms with van der Waals surface area (Å²) >= 11 is 1.68. The minimum atomic E-state index is 0. The van der Waals surface area contributed by atoms with Crippen molar-refractivity contribution in [3.63, 3.8) is 0 Å². The average molecular weight is 416 g/mol. The SMILES string of the molecule is CCC[CH2][Sn+3].[Br-].[Br-].[Br-]. The molecule has 0 N–H and O–H groups in total. The van der Waals surface area contributed by atoms with Crippen LogP contribution in [0.2, 0.25) is 4.44 Å². The summed E-state index contributed by atoms with van der Waals surface area (Å²) in [5, 5.41) is 0. The van der Waals surface area contributed by atoms with Crippen LogP contribution in [-0.4, -0.2) is 22.5 Å². The number of hydrogen-bond acceptors (Lipinski definition) is 0. The maximum Gasteiger partial charge on any atom is -1.00 e. The van der Waals surface area contributed by atoms with E-state index in [1.165, 1.54) is 17.3 Å². The number of hydrogen-bond donors (Lipinski definition) is 0. The van der Waals surface area contributed by atoms with Gasteiger partial charge in [-0.25, -0.2) is 0 Å². The van der Waals surface area contributed by atoms with Gasteiger partial charge in [0.15, 0.2) is 0 Å². The monoisotopic (exact) mass is 414 g/mol. The van der Waals surface area contributed by atoms with Crippen molar-refractivity contribution in [1.82, 2.24) is 0 Å². The van der Waals surface area contributed by atoms with Gasteiger partial charge in [-0.1, -0.05) is 0 Å². The predicted octanol–water partition coefficient (Wildman–Crippen LogP) is -7.61. The van der Waals surface area contributed by atoms with Crippen LogP contribution in [0.4, 0.5) is 0 Å². The van der Waals surface area contributed by atoms with Crippen LogP contribution in [0, 0.1) is 0 Å². The molecule has 4 heteroatoms. The molecule has 0 saturated carbocycles. The minimum absolute atomic E-state index is 0. The topological polar surface area (TPSA) is 0 Å². The van der Waals surface area contributed by atoms with E-state index in [0.29, 0.717) is 0 Å². The van der Waals surface area contributed by atoms with Crippen LogP contribution in [0.15, 0.2) is 0 Å². The summed E-state index contributed by atoms with van der Waals surface area (Å²) in [4.78, 5) is 0. The largest absolute Gasteiger partial charge is 1.00 e. The predicted molar refractivity (Wildman–Crippen MR) is 25.5 cm³/mol. The summed E-state index contributed by atoms with van der Waals surface area (Å²) < 4.78 is 1.43. The molecule has 50 valence electrons. The Morgan fingerprint density at radius 1 is 1.12 bits per heavy atom. The van der Waals surface area contributed by atoms with E-state index in [-0.39, 0.29) is 50.9 Å². The first kappa shape index (κ1) is 22.5. The Labute approximate surface area is 96.6 Å². The molecule has 0 aromatic heterocycles. The van der Waals surface area contributed by atoms with Gasteiger partial charge >= 0.3 is 46.7 Å². The Hall–Kier alpha value is 2.24. The third-order valence-corrected chi connectivity index (χ3v) is 1.54. The fourth-order valence-electron chi connectivity index (χ4n) is 0.177. The van der Waals surface area contributed by atoms with Gasteiger partial charge in [-0.15, -0.1) is 0 Å². The maximum atomic E-state index is 2.23. The molecule has 0 bridgehead atoms. The molecule has 0 unspecified atom stereocenters. The molecule has 0 nitrogen and oxygen atoms in total. The van der Waals surface area contributed by atoms with E-state index in [0.717, 1.165) is 0 Å². The van der Waals surface area contributed by atoms with Crippen molar-refractivity contribution in [2.75, 3.05) is 0 Å². The van der Waals surface area contributed by atoms with Crippen molar-refractivity contribution < 1.29 is 50.9 Å². The van der Waals surface area contributed by atoms with E-state index in [1.807, 2.05) is 0 Å². The van der Waals surface area contributed by atoms with E-state index in [9.17, 15) is 0 Å². The fraction of sp³-hybridized carbons (Fsp3) is 1.00. The standard InChI is InChI=1S/C4H9.3BrH.Sn/c1-3-4-2;;;;/h1,3-4H2,2H3;3*1H;/q;;;;+3/p-3. The van der Waals surface area contributed by atoms with Gasteiger partial charge < -0.3 is 50.9 Å². The summed E-state index contributed by atoms with van der Waals surface area (Å²) in [6, 6.07) is 0. The first-order valence-corrected chi connectivity index (χ1v) is 4.08. The Morgan fingerprint density at radius 2 is 1.50 bits per heavy atom. The first-order valence-electron chi connectivity index (χ1n) is 2.06. The molecule has 0 aliphatic carbocycles. The van der Waals surface area contributed by atoms with Gasteiger partial charge in [0.05, 0.1) is 0 Å². The van der Waals surface area contributed by atoms with Gasteiger partial charge in [0.25, 0.3) is 0 Å². The molecule has 0 aliphatic rings. The van der Waals surface area contributed by atoms with Crippen molar-refractivity contribution in [2.45, 2.75) is 24.2 Å². The van der Waals surface area contributed by atoms with Gasteiger partial charge in [0.2, 0.25) is 0 Å². The Balaban J connectivity index is -0.0000000267. The molecule has 0 spiro atoms. The Kier molecular flexibility index (Phi) is 64.1. The molecular formula is C4H9Br3Sn. The van der Waals surface area contributed by atoms with Gasteiger partial charge in [-0.05, 0) is 0 Å². The fourth-order valence-corrected chi connectivity index (χ4v) is 1.19. The Morgan fingerprint density at radius 3 is 1.50 bits per heavy atom. The molecule has 0 amide bonds. The third kappa shape index (κ3) is 24.0. The van der Waals surface area contributed by atoms with E-state index < -0.39 is 0 Å². The Bertz CT molecular complexity index is 18.8. The summed E-state index contributed by atoms with van der Waals surface area (Å²) in [7, 11) is 0. The molecule has 8 heavy (non-hydrogen) atoms. The second-order valence-corrected chi connectivity index (χ2v) is 2.53. The van der Waals surface area contributed by atoms with Gasteiger partial charge in [0, 0.05) is 0 Å². The summed E-state index contributed by atoms with van der Waals surface area (Å²) in [5.41, 5.74) is 0. The van der Waals surface area contributed by atoms with Crippen molar-refractivity contribution >= 4 is 22.5 Å². The van der Waals surface area contributed by atoms with Gasteiger partial charge in [0.1, 0.15) is 0 Å². The maximum absolute atomic E-state index is 2.23. The summed E-state index contributed by atoms with van der Waals surface area (Å²) in [6.45, 7) is 2.23. The van der Waals surface area contributed by atoms with Crippen molar-refractivity contribution in [1.29, 1.82) is 0 Å². The van der Waals surface area contributed by atoms with Crippen LogP contribution in [0.3, 0.4) is 0 Å². The van der Waals surface area contributed by atoms with Crippen LogP contribution in [-0.2, 0) is 0 Å². The van der Waals surface area contributed by atoms with Crippen LogP contribution < -0.4 is 50.9 Å². The zero-order valence-corrected chi connectivity index (χ0v) is 12.4. The molecule has 0 rings (SSSR count). The average Bonchev–Trinajstić information content (AvgIpc) is 1.41. The van der Waals surface area contributed by atoms with E-state index in [4.69, 9.17) is 0 Å². The first-order chi connectivity index (χ1) is 2.41. The zero-order valence-electron chi connectivity index (χ0n) is 4.76. The quantitative estimate of drug-likeness (QED) is 0.393. The van der Waals surface area contributed by atoms with Crippen LogP contribution in [0.1, 0.15) is 19.8 Å². The van der Waals surface area contributed by atoms with Crippen molar-refractivity contribution in [3.8, 4) is 0 Å². The van der Waals surface area contributed by atoms with Crippen LogP contribution in [0.25, 0.3) is 0 Å². The molecule has 0 saturated heterocycles. The number of rotatable bonds is 2. The zero-order chi connectivity index (χ0) is 4.12. The summed E-state index contributed by atoms with van der Waals surface area (Å²) in [5.74, 6) is 0. The number of unbranched alkanes of at least 4 members (excludes halogenated alkanes) is 1. The van der Waals surface area contributed by atoms with Crippen molar-refractivity contribution in [3.05, 3.63) is 0 Å². The number of halogens is 3. The third-order valence-electron chi connectivity index (χ3n) is 0.530.